The number of hydrogen-bond acceptors (Lipinski definition) is 4. The molecular weight excluding hydrogens is 288 g/mol. The Morgan fingerprint density at radius 1 is 1.19 bits per heavy atom. The van der Waals surface area contributed by atoms with Crippen LogP contribution in [0.5, 0.6) is 0 Å². The molecule has 0 saturated carbocycles. The topological polar surface area (TPSA) is 67.8 Å². The van der Waals surface area contributed by atoms with Crippen molar-refractivity contribution in [3.8, 4) is 0 Å². The van der Waals surface area contributed by atoms with Gasteiger partial charge in [-0.05, 0) is 25.8 Å². The van der Waals surface area contributed by atoms with E-state index in [1.807, 2.05) is 31.2 Å². The highest BCUT2D eigenvalue weighted by Crippen LogP contribution is 2.29. The minimum Gasteiger partial charge on any atom is -0.385 e. The second kappa shape index (κ2) is 6.41. The third-order valence-corrected chi connectivity index (χ3v) is 4.83. The van der Waals surface area contributed by atoms with Crippen molar-refractivity contribution in [2.24, 2.45) is 4.99 Å². The Morgan fingerprint density at radius 2 is 1.86 bits per heavy atom. The number of methoxy groups -OCH3 is 1. The number of ether oxygens (including phenoxy) is 1. The highest BCUT2D eigenvalue weighted by molar-refractivity contribution is 8.00. The largest absolute Gasteiger partial charge is 0.385 e. The van der Waals surface area contributed by atoms with Crippen LogP contribution < -0.4 is 4.72 Å². The molecule has 1 heterocycles. The molecule has 1 aromatic carbocycles. The van der Waals surface area contributed by atoms with Gasteiger partial charge in [0.1, 0.15) is 10.7 Å². The molecule has 0 saturated heterocycles. The molecule has 1 aliphatic heterocycles. The summed E-state index contributed by atoms with van der Waals surface area (Å²) in [6, 6.07) is 7.44. The maximum absolute atomic E-state index is 12.3. The van der Waals surface area contributed by atoms with E-state index in [4.69, 9.17) is 4.74 Å². The van der Waals surface area contributed by atoms with E-state index >= 15 is 0 Å². The van der Waals surface area contributed by atoms with E-state index in [1.165, 1.54) is 0 Å². The first kappa shape index (κ1) is 15.7. The quantitative estimate of drug-likeness (QED) is 0.847. The SMILES string of the molecule is COCCCN=C1NS(=O)(=O)C(c2ccc(C)cc2)=C1C. The number of amidine groups is 1. The second-order valence-electron chi connectivity index (χ2n) is 5.00. The summed E-state index contributed by atoms with van der Waals surface area (Å²) in [7, 11) is -1.90. The summed E-state index contributed by atoms with van der Waals surface area (Å²) in [6.45, 7) is 4.89. The fourth-order valence-electron chi connectivity index (χ4n) is 2.19. The molecule has 6 heteroatoms. The summed E-state index contributed by atoms with van der Waals surface area (Å²) in [5, 5.41) is 0. The van der Waals surface area contributed by atoms with E-state index in [2.05, 4.69) is 9.71 Å². The summed E-state index contributed by atoms with van der Waals surface area (Å²) < 4.78 is 32.0. The van der Waals surface area contributed by atoms with E-state index in [-0.39, 0.29) is 0 Å². The van der Waals surface area contributed by atoms with Gasteiger partial charge in [0.25, 0.3) is 10.0 Å². The molecular formula is C15H20N2O3S. The number of benzene rings is 1. The lowest BCUT2D eigenvalue weighted by Gasteiger charge is -2.03. The molecule has 114 valence electrons. The van der Waals surface area contributed by atoms with Crippen molar-refractivity contribution in [3.05, 3.63) is 41.0 Å². The number of rotatable bonds is 5. The zero-order valence-electron chi connectivity index (χ0n) is 12.5. The van der Waals surface area contributed by atoms with Crippen molar-refractivity contribution in [2.75, 3.05) is 20.3 Å². The van der Waals surface area contributed by atoms with Crippen LogP contribution in [0.25, 0.3) is 4.91 Å². The first-order valence-electron chi connectivity index (χ1n) is 6.80. The minimum absolute atomic E-state index is 0.313. The Labute approximate surface area is 125 Å². The average Bonchev–Trinajstić information content (AvgIpc) is 2.66. The molecule has 21 heavy (non-hydrogen) atoms. The van der Waals surface area contributed by atoms with Gasteiger partial charge in [-0.15, -0.1) is 0 Å². The molecule has 1 N–H and O–H groups in total. The Hall–Kier alpha value is -1.66. The van der Waals surface area contributed by atoms with Gasteiger partial charge in [-0.25, -0.2) is 8.42 Å². The third kappa shape index (κ3) is 3.51. The van der Waals surface area contributed by atoms with Crippen molar-refractivity contribution >= 4 is 20.8 Å². The predicted octanol–water partition coefficient (Wildman–Crippen LogP) is 2.09. The van der Waals surface area contributed by atoms with Crippen LogP contribution in [-0.4, -0.2) is 34.5 Å². The zero-order chi connectivity index (χ0) is 15.5. The van der Waals surface area contributed by atoms with Crippen LogP contribution in [0.2, 0.25) is 0 Å². The van der Waals surface area contributed by atoms with Crippen LogP contribution in [0.3, 0.4) is 0 Å². The van der Waals surface area contributed by atoms with E-state index in [1.54, 1.807) is 14.0 Å². The number of hydrogen-bond donors (Lipinski definition) is 1. The van der Waals surface area contributed by atoms with Gasteiger partial charge in [0.05, 0.1) is 0 Å². The fraction of sp³-hybridized carbons (Fsp3) is 0.400. The van der Waals surface area contributed by atoms with E-state index in [0.717, 1.165) is 12.0 Å². The van der Waals surface area contributed by atoms with Gasteiger partial charge < -0.3 is 4.74 Å². The molecule has 2 rings (SSSR count). The van der Waals surface area contributed by atoms with Crippen molar-refractivity contribution < 1.29 is 13.2 Å². The second-order valence-corrected chi connectivity index (χ2v) is 6.62. The number of nitrogens with one attached hydrogen (secondary N) is 1. The Morgan fingerprint density at radius 3 is 2.48 bits per heavy atom. The fourth-order valence-corrected chi connectivity index (χ4v) is 3.71. The molecule has 0 bridgehead atoms. The highest BCUT2D eigenvalue weighted by Gasteiger charge is 2.32. The normalized spacial score (nSPS) is 19.1. The Kier molecular flexibility index (Phi) is 4.80. The average molecular weight is 308 g/mol. The molecule has 1 aromatic rings. The molecule has 0 amide bonds. The van der Waals surface area contributed by atoms with Crippen molar-refractivity contribution in [1.29, 1.82) is 0 Å². The van der Waals surface area contributed by atoms with Crippen molar-refractivity contribution in [1.82, 2.24) is 4.72 Å². The number of aryl methyl sites for hydroxylation is 1. The lowest BCUT2D eigenvalue weighted by molar-refractivity contribution is 0.197. The summed E-state index contributed by atoms with van der Waals surface area (Å²) in [4.78, 5) is 4.63. The van der Waals surface area contributed by atoms with Gasteiger partial charge in [-0.2, -0.15) is 0 Å². The lowest BCUT2D eigenvalue weighted by Crippen LogP contribution is -2.23. The van der Waals surface area contributed by atoms with E-state index < -0.39 is 10.0 Å². The van der Waals surface area contributed by atoms with Crippen molar-refractivity contribution in [2.45, 2.75) is 20.3 Å². The summed E-state index contributed by atoms with van der Waals surface area (Å²) in [6.07, 6.45) is 0.759. The number of nitrogens with zero attached hydrogens (tertiary/aromatic N) is 1. The highest BCUT2D eigenvalue weighted by atomic mass is 32.2. The van der Waals surface area contributed by atoms with Crippen LogP contribution in [0.15, 0.2) is 34.8 Å². The van der Waals surface area contributed by atoms with Gasteiger partial charge in [-0.3, -0.25) is 9.71 Å². The molecule has 0 atom stereocenters. The van der Waals surface area contributed by atoms with Gasteiger partial charge >= 0.3 is 0 Å². The van der Waals surface area contributed by atoms with E-state index in [0.29, 0.717) is 35.0 Å². The maximum atomic E-state index is 12.3. The molecule has 1 aliphatic rings. The standard InChI is InChI=1S/C15H20N2O3S/c1-11-5-7-13(8-6-11)14-12(2)15(17-21(14,18)19)16-9-4-10-20-3/h5-8H,4,9-10H2,1-3H3,(H,16,17). The van der Waals surface area contributed by atoms with Gasteiger partial charge in [0.15, 0.2) is 0 Å². The first-order valence-corrected chi connectivity index (χ1v) is 8.28. The van der Waals surface area contributed by atoms with Crippen LogP contribution in [0, 0.1) is 6.92 Å². The zero-order valence-corrected chi connectivity index (χ0v) is 13.3. The third-order valence-electron chi connectivity index (χ3n) is 3.29. The van der Waals surface area contributed by atoms with Crippen LogP contribution in [-0.2, 0) is 14.8 Å². The Balaban J connectivity index is 2.33. The van der Waals surface area contributed by atoms with Gasteiger partial charge in [0.2, 0.25) is 0 Å². The summed E-state index contributed by atoms with van der Waals surface area (Å²) in [5.41, 5.74) is 2.44. The molecule has 0 spiro atoms. The molecule has 0 fully saturated rings. The predicted molar refractivity (Wildman–Crippen MR) is 84.6 cm³/mol. The maximum Gasteiger partial charge on any atom is 0.264 e. The minimum atomic E-state index is -3.53. The number of aliphatic imine (C=N–C) groups is 1. The van der Waals surface area contributed by atoms with Crippen molar-refractivity contribution in [3.63, 3.8) is 0 Å². The molecule has 0 aliphatic carbocycles. The van der Waals surface area contributed by atoms with Gasteiger partial charge in [-0.1, -0.05) is 29.8 Å². The van der Waals surface area contributed by atoms with E-state index in [9.17, 15) is 8.42 Å². The van der Waals surface area contributed by atoms with Crippen LogP contribution in [0.4, 0.5) is 0 Å². The summed E-state index contributed by atoms with van der Waals surface area (Å²) in [5.74, 6) is 0.432. The van der Waals surface area contributed by atoms with Gasteiger partial charge in [0, 0.05) is 25.8 Å². The molecule has 0 radical (unpaired) electrons. The molecule has 0 unspecified atom stereocenters. The monoisotopic (exact) mass is 308 g/mol. The lowest BCUT2D eigenvalue weighted by atomic mass is 10.1. The first-order chi connectivity index (χ1) is 9.95. The summed E-state index contributed by atoms with van der Waals surface area (Å²) >= 11 is 0. The smallest absolute Gasteiger partial charge is 0.264 e. The molecule has 0 aromatic heterocycles. The van der Waals surface area contributed by atoms with Crippen LogP contribution >= 0.6 is 0 Å². The van der Waals surface area contributed by atoms with Crippen LogP contribution in [0.1, 0.15) is 24.5 Å². The Bertz CT molecular complexity index is 673. The number of sulfonamides is 1. The molecule has 5 nitrogen and oxygen atoms in total.